The zero-order valence-electron chi connectivity index (χ0n) is 12.0. The van der Waals surface area contributed by atoms with Gasteiger partial charge in [-0.1, -0.05) is 29.8 Å². The standard InChI is InChI=1S/C16H10ClF3N2O2/c17-12-5-9(16(18,19)20)7-22(15(12)24)8-14(23)11-6-21-13-4-2-1-3-10(11)13/h1-7,21H,8H2. The van der Waals surface area contributed by atoms with Crippen LogP contribution in [-0.2, 0) is 12.7 Å². The quantitative estimate of drug-likeness (QED) is 0.726. The van der Waals surface area contributed by atoms with Gasteiger partial charge in [-0.2, -0.15) is 13.2 Å². The Bertz CT molecular complexity index is 989. The fraction of sp³-hybridized carbons (Fsp3) is 0.125. The molecule has 2 heterocycles. The van der Waals surface area contributed by atoms with Gasteiger partial charge in [-0.15, -0.1) is 0 Å². The van der Waals surface area contributed by atoms with Gasteiger partial charge in [0, 0.05) is 28.9 Å². The Morgan fingerprint density at radius 1 is 1.25 bits per heavy atom. The molecule has 0 radical (unpaired) electrons. The van der Waals surface area contributed by atoms with Crippen LogP contribution in [0.4, 0.5) is 13.2 Å². The van der Waals surface area contributed by atoms with Gasteiger partial charge in [0.05, 0.1) is 12.1 Å². The van der Waals surface area contributed by atoms with Crippen LogP contribution in [0.2, 0.25) is 5.02 Å². The minimum atomic E-state index is -4.66. The second-order valence-corrected chi connectivity index (χ2v) is 5.59. The number of Topliss-reactive ketones (excluding diaryl/α,β-unsaturated/α-hetero) is 1. The van der Waals surface area contributed by atoms with Crippen LogP contribution in [0, 0.1) is 0 Å². The molecule has 0 atom stereocenters. The van der Waals surface area contributed by atoms with Crippen LogP contribution >= 0.6 is 11.6 Å². The van der Waals surface area contributed by atoms with Crippen LogP contribution < -0.4 is 5.56 Å². The molecule has 0 aliphatic carbocycles. The predicted molar refractivity (Wildman–Crippen MR) is 83.3 cm³/mol. The molecule has 0 spiro atoms. The lowest BCUT2D eigenvalue weighted by atomic mass is 10.1. The van der Waals surface area contributed by atoms with Crippen molar-refractivity contribution in [3.05, 3.63) is 69.2 Å². The third kappa shape index (κ3) is 2.94. The maximum absolute atomic E-state index is 12.8. The molecular weight excluding hydrogens is 345 g/mol. The van der Waals surface area contributed by atoms with E-state index in [9.17, 15) is 22.8 Å². The van der Waals surface area contributed by atoms with E-state index in [0.29, 0.717) is 27.8 Å². The summed E-state index contributed by atoms with van der Waals surface area (Å²) < 4.78 is 39.2. The zero-order valence-corrected chi connectivity index (χ0v) is 12.8. The van der Waals surface area contributed by atoms with E-state index in [1.54, 1.807) is 24.3 Å². The summed E-state index contributed by atoms with van der Waals surface area (Å²) in [5.74, 6) is -0.495. The number of para-hydroxylation sites is 1. The highest BCUT2D eigenvalue weighted by molar-refractivity contribution is 6.30. The van der Waals surface area contributed by atoms with Gasteiger partial charge in [-0.05, 0) is 12.1 Å². The van der Waals surface area contributed by atoms with Crippen LogP contribution in [-0.4, -0.2) is 15.3 Å². The molecule has 1 N–H and O–H groups in total. The number of hydrogen-bond acceptors (Lipinski definition) is 2. The number of benzene rings is 1. The number of alkyl halides is 3. The average Bonchev–Trinajstić information content (AvgIpc) is 2.94. The van der Waals surface area contributed by atoms with E-state index in [0.717, 1.165) is 5.52 Å². The number of H-pyrrole nitrogens is 1. The lowest BCUT2D eigenvalue weighted by Gasteiger charge is -2.11. The fourth-order valence-corrected chi connectivity index (χ4v) is 2.64. The highest BCUT2D eigenvalue weighted by atomic mass is 35.5. The maximum Gasteiger partial charge on any atom is 0.417 e. The molecule has 0 saturated heterocycles. The number of carbonyl (C=O) groups is 1. The van der Waals surface area contributed by atoms with Crippen molar-refractivity contribution in [1.82, 2.24) is 9.55 Å². The number of nitrogens with one attached hydrogen (secondary N) is 1. The number of ketones is 1. The Balaban J connectivity index is 2.00. The number of pyridine rings is 1. The molecule has 2 aromatic heterocycles. The zero-order chi connectivity index (χ0) is 17.5. The van der Waals surface area contributed by atoms with E-state index in [2.05, 4.69) is 4.98 Å². The third-order valence-corrected chi connectivity index (χ3v) is 3.84. The van der Waals surface area contributed by atoms with Gasteiger partial charge in [0.25, 0.3) is 5.56 Å². The highest BCUT2D eigenvalue weighted by Gasteiger charge is 2.32. The summed E-state index contributed by atoms with van der Waals surface area (Å²) in [6, 6.07) is 7.54. The molecule has 0 aliphatic rings. The number of nitrogens with zero attached hydrogens (tertiary/aromatic N) is 1. The summed E-state index contributed by atoms with van der Waals surface area (Å²) in [5, 5.41) is 0.0465. The van der Waals surface area contributed by atoms with E-state index in [4.69, 9.17) is 11.6 Å². The van der Waals surface area contributed by atoms with E-state index in [-0.39, 0.29) is 0 Å². The molecule has 1 aromatic carbocycles. The number of halogens is 4. The Labute approximate surface area is 138 Å². The molecule has 0 amide bonds. The van der Waals surface area contributed by atoms with Crippen molar-refractivity contribution in [2.45, 2.75) is 12.7 Å². The SMILES string of the molecule is O=C(Cn1cc(C(F)(F)F)cc(Cl)c1=O)c1c[nH]c2ccccc12. The molecule has 8 heteroatoms. The Kier molecular flexibility index (Phi) is 3.96. The molecule has 0 bridgehead atoms. The average molecular weight is 355 g/mol. The van der Waals surface area contributed by atoms with Gasteiger partial charge in [0.2, 0.25) is 0 Å². The van der Waals surface area contributed by atoms with Crippen molar-refractivity contribution < 1.29 is 18.0 Å². The summed E-state index contributed by atoms with van der Waals surface area (Å²) >= 11 is 5.58. The molecular formula is C16H10ClF3N2O2. The third-order valence-electron chi connectivity index (χ3n) is 3.57. The molecule has 4 nitrogen and oxygen atoms in total. The number of fused-ring (bicyclic) bond motifs is 1. The summed E-state index contributed by atoms with van der Waals surface area (Å²) in [6.45, 7) is -0.537. The number of carbonyl (C=O) groups excluding carboxylic acids is 1. The van der Waals surface area contributed by atoms with E-state index in [1.807, 2.05) is 0 Å². The number of rotatable bonds is 3. The topological polar surface area (TPSA) is 54.9 Å². The Hall–Kier alpha value is -2.54. The van der Waals surface area contributed by atoms with Crippen LogP contribution in [0.15, 0.2) is 47.5 Å². The summed E-state index contributed by atoms with van der Waals surface area (Å²) in [4.78, 5) is 27.2. The van der Waals surface area contributed by atoms with Crippen molar-refractivity contribution in [2.75, 3.05) is 0 Å². The minimum absolute atomic E-state index is 0.297. The van der Waals surface area contributed by atoms with Crippen molar-refractivity contribution in [3.8, 4) is 0 Å². The summed E-state index contributed by atoms with van der Waals surface area (Å²) in [7, 11) is 0. The van der Waals surface area contributed by atoms with E-state index < -0.39 is 34.6 Å². The molecule has 0 unspecified atom stereocenters. The normalized spacial score (nSPS) is 11.8. The van der Waals surface area contributed by atoms with Crippen LogP contribution in [0.25, 0.3) is 10.9 Å². The van der Waals surface area contributed by atoms with E-state index >= 15 is 0 Å². The maximum atomic E-state index is 12.8. The first kappa shape index (κ1) is 16.3. The smallest absolute Gasteiger partial charge is 0.360 e. The number of hydrogen-bond donors (Lipinski definition) is 1. The molecule has 24 heavy (non-hydrogen) atoms. The molecule has 3 rings (SSSR count). The molecule has 0 fully saturated rings. The van der Waals surface area contributed by atoms with Crippen molar-refractivity contribution in [3.63, 3.8) is 0 Å². The van der Waals surface area contributed by atoms with E-state index in [1.165, 1.54) is 6.20 Å². The fourth-order valence-electron chi connectivity index (χ4n) is 2.41. The van der Waals surface area contributed by atoms with Crippen molar-refractivity contribution in [1.29, 1.82) is 0 Å². The van der Waals surface area contributed by atoms with Crippen LogP contribution in [0.5, 0.6) is 0 Å². The summed E-state index contributed by atoms with van der Waals surface area (Å²) in [5.41, 5.74) is -0.919. The number of aromatic amines is 1. The van der Waals surface area contributed by atoms with Gasteiger partial charge in [0.15, 0.2) is 5.78 Å². The lowest BCUT2D eigenvalue weighted by Crippen LogP contribution is -2.26. The molecule has 0 saturated carbocycles. The van der Waals surface area contributed by atoms with Gasteiger partial charge in [-0.3, -0.25) is 9.59 Å². The second kappa shape index (κ2) is 5.83. The highest BCUT2D eigenvalue weighted by Crippen LogP contribution is 2.29. The molecule has 0 aliphatic heterocycles. The first-order chi connectivity index (χ1) is 11.3. The Morgan fingerprint density at radius 2 is 1.96 bits per heavy atom. The van der Waals surface area contributed by atoms with Crippen molar-refractivity contribution >= 4 is 28.3 Å². The second-order valence-electron chi connectivity index (χ2n) is 5.18. The van der Waals surface area contributed by atoms with Gasteiger partial charge in [-0.25, -0.2) is 0 Å². The van der Waals surface area contributed by atoms with Crippen LogP contribution in [0.3, 0.4) is 0 Å². The van der Waals surface area contributed by atoms with Gasteiger partial charge in [0.1, 0.15) is 5.02 Å². The largest absolute Gasteiger partial charge is 0.417 e. The van der Waals surface area contributed by atoms with Crippen LogP contribution in [0.1, 0.15) is 15.9 Å². The minimum Gasteiger partial charge on any atom is -0.360 e. The van der Waals surface area contributed by atoms with Crippen molar-refractivity contribution in [2.24, 2.45) is 0 Å². The predicted octanol–water partition coefficient (Wildman–Crippen LogP) is 3.88. The van der Waals surface area contributed by atoms with Gasteiger partial charge < -0.3 is 9.55 Å². The number of aromatic nitrogens is 2. The first-order valence-electron chi connectivity index (χ1n) is 6.84. The van der Waals surface area contributed by atoms with Gasteiger partial charge >= 0.3 is 6.18 Å². The lowest BCUT2D eigenvalue weighted by molar-refractivity contribution is -0.138. The Morgan fingerprint density at radius 3 is 2.67 bits per heavy atom. The monoisotopic (exact) mass is 354 g/mol. The molecule has 124 valence electrons. The summed E-state index contributed by atoms with van der Waals surface area (Å²) in [6.07, 6.45) is -2.60. The molecule has 3 aromatic rings. The first-order valence-corrected chi connectivity index (χ1v) is 7.21.